The molecule has 0 radical (unpaired) electrons. The number of fused-ring (bicyclic) bond motifs is 1. The lowest BCUT2D eigenvalue weighted by molar-refractivity contribution is 1.28. The van der Waals surface area contributed by atoms with Gasteiger partial charge in [-0.15, -0.1) is 0 Å². The molecule has 0 unspecified atom stereocenters. The molecule has 9 aromatic carbocycles. The monoisotopic (exact) mass is 688 g/mol. The van der Waals surface area contributed by atoms with Crippen LogP contribution in [0.25, 0.3) is 66.4 Å². The number of anilines is 3. The van der Waals surface area contributed by atoms with Gasteiger partial charge in [-0.2, -0.15) is 0 Å². The van der Waals surface area contributed by atoms with Gasteiger partial charge in [0.2, 0.25) is 0 Å². The third-order valence-electron chi connectivity index (χ3n) is 9.11. The number of rotatable bonds is 8. The van der Waals surface area contributed by atoms with Gasteiger partial charge in [-0.3, -0.25) is 0 Å². The average molecular weight is 689 g/mol. The first kappa shape index (κ1) is 20.8. The maximum Gasteiger partial charge on any atom is 0.0645 e. The number of benzene rings is 9. The summed E-state index contributed by atoms with van der Waals surface area (Å²) >= 11 is 0. The van der Waals surface area contributed by atoms with Gasteiger partial charge in [-0.25, -0.2) is 0 Å². The van der Waals surface area contributed by atoms with Gasteiger partial charge in [0.05, 0.1) is 23.5 Å². The summed E-state index contributed by atoms with van der Waals surface area (Å²) in [6.07, 6.45) is 0. The summed E-state index contributed by atoms with van der Waals surface area (Å²) < 4.78 is 116. The van der Waals surface area contributed by atoms with Crippen molar-refractivity contribution in [3.05, 3.63) is 224 Å². The summed E-state index contributed by atoms with van der Waals surface area (Å²) in [7, 11) is 0. The maximum absolute atomic E-state index is 9.67. The lowest BCUT2D eigenvalue weighted by atomic mass is 9.96. The Hall–Kier alpha value is -6.96. The van der Waals surface area contributed by atoms with E-state index in [2.05, 4.69) is 0 Å². The van der Waals surface area contributed by atoms with Gasteiger partial charge >= 0.3 is 0 Å². The Labute approximate surface area is 330 Å². The first-order chi connectivity index (χ1) is 31.7. The van der Waals surface area contributed by atoms with Crippen LogP contribution in [0.3, 0.4) is 0 Å². The molecule has 0 bridgehead atoms. The van der Waals surface area contributed by atoms with Gasteiger partial charge < -0.3 is 4.90 Å². The minimum absolute atomic E-state index is 0.136. The Morgan fingerprint density at radius 3 is 1.60 bits per heavy atom. The zero-order chi connectivity index (χ0) is 46.7. The van der Waals surface area contributed by atoms with Crippen molar-refractivity contribution in [2.75, 3.05) is 4.90 Å². The van der Waals surface area contributed by atoms with Crippen molar-refractivity contribution < 1.29 is 17.8 Å². The smallest absolute Gasteiger partial charge is 0.0645 e. The molecule has 1 nitrogen and oxygen atoms in total. The Kier molecular flexibility index (Phi) is 5.62. The molecule has 0 N–H and O–H groups in total. The van der Waals surface area contributed by atoms with Crippen molar-refractivity contribution in [2.45, 2.75) is 0 Å². The van der Waals surface area contributed by atoms with E-state index in [4.69, 9.17) is 12.3 Å². The minimum Gasteiger partial charge on any atom is -0.310 e. The number of hydrogen-bond donors (Lipinski definition) is 0. The highest BCUT2D eigenvalue weighted by atomic mass is 15.1. The molecule has 1 heteroatoms. The van der Waals surface area contributed by atoms with E-state index < -0.39 is 101 Å². The Morgan fingerprint density at radius 1 is 0.321 bits per heavy atom. The van der Waals surface area contributed by atoms with Crippen LogP contribution >= 0.6 is 0 Å². The van der Waals surface area contributed by atoms with E-state index in [0.717, 1.165) is 44.2 Å². The Bertz CT molecular complexity index is 3320. The molecule has 0 amide bonds. The van der Waals surface area contributed by atoms with E-state index in [1.807, 2.05) is 146 Å². The Balaban J connectivity index is 1.27. The molecule has 53 heavy (non-hydrogen) atoms. The molecule has 0 fully saturated rings. The quantitative estimate of drug-likeness (QED) is 0.154. The van der Waals surface area contributed by atoms with Crippen LogP contribution in [-0.4, -0.2) is 0 Å². The van der Waals surface area contributed by atoms with Crippen LogP contribution in [0.15, 0.2) is 224 Å². The summed E-state index contributed by atoms with van der Waals surface area (Å²) in [5.41, 5.74) is 4.13. The largest absolute Gasteiger partial charge is 0.310 e. The van der Waals surface area contributed by atoms with Gasteiger partial charge in [-0.1, -0.05) is 194 Å². The summed E-state index contributed by atoms with van der Waals surface area (Å²) in [5, 5.41) is 2.04. The zero-order valence-corrected chi connectivity index (χ0v) is 28.3. The van der Waals surface area contributed by atoms with Crippen LogP contribution in [0.5, 0.6) is 0 Å². The third-order valence-corrected chi connectivity index (χ3v) is 9.11. The summed E-state index contributed by atoms with van der Waals surface area (Å²) in [6.45, 7) is 0. The topological polar surface area (TPSA) is 3.24 Å². The van der Waals surface area contributed by atoms with Crippen molar-refractivity contribution in [3.8, 4) is 55.6 Å². The molecule has 0 aliphatic carbocycles. The number of hydrogen-bond acceptors (Lipinski definition) is 1. The highest BCUT2D eigenvalue weighted by molar-refractivity contribution is 5.98. The van der Waals surface area contributed by atoms with Crippen LogP contribution in [0.2, 0.25) is 0 Å². The second-order valence-electron chi connectivity index (χ2n) is 12.3. The second kappa shape index (κ2) is 14.3. The van der Waals surface area contributed by atoms with Crippen LogP contribution in [0, 0.1) is 0 Å². The molecule has 0 spiro atoms. The van der Waals surface area contributed by atoms with Crippen molar-refractivity contribution in [2.24, 2.45) is 0 Å². The standard InChI is InChI=1S/C52H37N/c1-3-13-38(14-4-1)40-25-27-42(28-26-40)43-33-35-47(36-34-43)53(48-20-11-19-46(37-48)50-23-12-18-44-17-7-8-21-49(44)50)52-24-10-9-22-51(52)45-31-29-41(30-32-45)39-15-5-2-6-16-39/h1-37H/i1D,3D,4D,13D,14D,25D,26D,27D,28D,33D,34D,35D,36D. The first-order valence-corrected chi connectivity index (χ1v) is 17.1. The summed E-state index contributed by atoms with van der Waals surface area (Å²) in [4.78, 5) is 1.68. The van der Waals surface area contributed by atoms with Crippen molar-refractivity contribution in [1.82, 2.24) is 0 Å². The molecular weight excluding hydrogens is 639 g/mol. The molecule has 9 aromatic rings. The zero-order valence-electron chi connectivity index (χ0n) is 41.3. The summed E-state index contributed by atoms with van der Waals surface area (Å²) in [5.74, 6) is 0. The van der Waals surface area contributed by atoms with Gasteiger partial charge in [0.15, 0.2) is 0 Å². The highest BCUT2D eigenvalue weighted by Gasteiger charge is 2.18. The molecule has 0 atom stereocenters. The fourth-order valence-corrected chi connectivity index (χ4v) is 6.54. The van der Waals surface area contributed by atoms with E-state index in [1.54, 1.807) is 4.90 Å². The molecule has 9 rings (SSSR count). The van der Waals surface area contributed by atoms with Gasteiger partial charge in [-0.05, 0) is 91.1 Å². The minimum atomic E-state index is -0.774. The van der Waals surface area contributed by atoms with Gasteiger partial charge in [0.25, 0.3) is 0 Å². The Morgan fingerprint density at radius 2 is 0.849 bits per heavy atom. The maximum atomic E-state index is 9.67. The molecule has 0 aliphatic rings. The van der Waals surface area contributed by atoms with Gasteiger partial charge in [0.1, 0.15) is 0 Å². The van der Waals surface area contributed by atoms with E-state index in [0.29, 0.717) is 11.4 Å². The van der Waals surface area contributed by atoms with Crippen LogP contribution in [0.4, 0.5) is 17.1 Å². The molecule has 0 aliphatic heterocycles. The SMILES string of the molecule is [2H]c1c([2H])c([2H])c(-c2c([2H])c([2H])c(-c3c([2H])c([2H])c(N(c4cccc(-c5cccc6ccccc56)c4)c4ccccc4-c4ccc(-c5ccccc5)cc4)c([2H])c3[2H])c([2H])c2[2H])c([2H])c1[2H]. The first-order valence-electron chi connectivity index (χ1n) is 23.6. The van der Waals surface area contributed by atoms with Crippen LogP contribution in [-0.2, 0) is 0 Å². The highest BCUT2D eigenvalue weighted by Crippen LogP contribution is 2.43. The van der Waals surface area contributed by atoms with E-state index in [9.17, 15) is 5.48 Å². The van der Waals surface area contributed by atoms with Crippen LogP contribution < -0.4 is 4.90 Å². The molecule has 0 saturated heterocycles. The lowest BCUT2D eigenvalue weighted by Gasteiger charge is -2.28. The molecule has 0 aromatic heterocycles. The lowest BCUT2D eigenvalue weighted by Crippen LogP contribution is -2.11. The van der Waals surface area contributed by atoms with Crippen molar-refractivity contribution >= 4 is 27.8 Å². The molecule has 0 saturated carbocycles. The fraction of sp³-hybridized carbons (Fsp3) is 0. The van der Waals surface area contributed by atoms with E-state index >= 15 is 0 Å². The van der Waals surface area contributed by atoms with Crippen molar-refractivity contribution in [3.63, 3.8) is 0 Å². The average Bonchev–Trinajstić information content (AvgIpc) is 3.35. The molecule has 0 heterocycles. The third kappa shape index (κ3) is 6.53. The van der Waals surface area contributed by atoms with Gasteiger partial charge in [0, 0.05) is 16.9 Å². The number of para-hydroxylation sites is 1. The summed E-state index contributed by atoms with van der Waals surface area (Å²) in [6, 6.07) is 38.0. The van der Waals surface area contributed by atoms with E-state index in [1.165, 1.54) is 0 Å². The normalized spacial score (nSPS) is 14.5. The predicted molar refractivity (Wildman–Crippen MR) is 226 cm³/mol. The van der Waals surface area contributed by atoms with Crippen molar-refractivity contribution in [1.29, 1.82) is 0 Å². The second-order valence-corrected chi connectivity index (χ2v) is 12.3. The van der Waals surface area contributed by atoms with Crippen LogP contribution in [0.1, 0.15) is 17.8 Å². The molecule has 250 valence electrons. The van der Waals surface area contributed by atoms with E-state index in [-0.39, 0.29) is 5.69 Å². The number of nitrogens with zero attached hydrogens (tertiary/aromatic N) is 1. The molecular formula is C52H37N. The predicted octanol–water partition coefficient (Wildman–Crippen LogP) is 14.6. The fourth-order valence-electron chi connectivity index (χ4n) is 6.54.